The molecular weight excluding hydrogens is 208 g/mol. The summed E-state index contributed by atoms with van der Waals surface area (Å²) in [5.41, 5.74) is 5.85. The van der Waals surface area contributed by atoms with Crippen molar-refractivity contribution < 1.29 is 4.79 Å². The second-order valence-corrected chi connectivity index (χ2v) is 5.15. The molecule has 0 bridgehead atoms. The molecule has 0 aliphatic heterocycles. The predicted octanol–water partition coefficient (Wildman–Crippen LogP) is 1.57. The molecule has 0 heterocycles. The molecule has 0 saturated heterocycles. The zero-order valence-electron chi connectivity index (χ0n) is 10.5. The van der Waals surface area contributed by atoms with Crippen LogP contribution in [0.3, 0.4) is 0 Å². The molecule has 0 fully saturated rings. The first-order valence-electron chi connectivity index (χ1n) is 5.46. The lowest BCUT2D eigenvalue weighted by atomic mass is 10.0. The zero-order chi connectivity index (χ0) is 12.0. The Morgan fingerprint density at radius 2 is 2.00 bits per heavy atom. The molecule has 0 aliphatic carbocycles. The molecule has 0 aromatic rings. The monoisotopic (exact) mass is 232 g/mol. The van der Waals surface area contributed by atoms with Gasteiger partial charge in [0, 0.05) is 18.8 Å². The first-order valence-corrected chi connectivity index (χ1v) is 6.86. The Balaban J connectivity index is 4.39. The summed E-state index contributed by atoms with van der Waals surface area (Å²) in [5.74, 6) is 1.24. The second-order valence-electron chi connectivity index (χ2n) is 4.24. The lowest BCUT2D eigenvalue weighted by Crippen LogP contribution is -2.49. The van der Waals surface area contributed by atoms with E-state index in [1.165, 1.54) is 0 Å². The van der Waals surface area contributed by atoms with Crippen molar-refractivity contribution in [2.45, 2.75) is 39.3 Å². The Labute approximate surface area is 97.8 Å². The molecule has 2 N–H and O–H groups in total. The maximum absolute atomic E-state index is 12.0. The van der Waals surface area contributed by atoms with Crippen LogP contribution < -0.4 is 5.73 Å². The first-order chi connectivity index (χ1) is 6.95. The maximum atomic E-state index is 12.0. The molecule has 0 spiro atoms. The van der Waals surface area contributed by atoms with E-state index in [4.69, 9.17) is 5.73 Å². The average molecular weight is 232 g/mol. The Morgan fingerprint density at radius 3 is 2.33 bits per heavy atom. The highest BCUT2D eigenvalue weighted by atomic mass is 32.2. The summed E-state index contributed by atoms with van der Waals surface area (Å²) >= 11 is 1.77. The molecule has 3 nitrogen and oxygen atoms in total. The molecule has 15 heavy (non-hydrogen) atoms. The van der Waals surface area contributed by atoms with Gasteiger partial charge in [-0.05, 0) is 18.6 Å². The molecule has 2 atom stereocenters. The molecule has 0 saturated carbocycles. The summed E-state index contributed by atoms with van der Waals surface area (Å²) in [7, 11) is 1.86. The lowest BCUT2D eigenvalue weighted by Gasteiger charge is -2.30. The van der Waals surface area contributed by atoms with E-state index in [-0.39, 0.29) is 17.9 Å². The number of thioether (sulfide) groups is 1. The van der Waals surface area contributed by atoms with Gasteiger partial charge >= 0.3 is 0 Å². The van der Waals surface area contributed by atoms with Gasteiger partial charge in [-0.3, -0.25) is 4.79 Å². The first kappa shape index (κ1) is 14.8. The minimum atomic E-state index is -0.370. The number of likely N-dealkylation sites (N-methyl/N-ethyl adjacent to an activating group) is 1. The molecule has 1 amide bonds. The highest BCUT2D eigenvalue weighted by Gasteiger charge is 2.25. The largest absolute Gasteiger partial charge is 0.341 e. The maximum Gasteiger partial charge on any atom is 0.239 e. The fraction of sp³-hybridized carbons (Fsp3) is 0.909. The van der Waals surface area contributed by atoms with Crippen LogP contribution in [0.1, 0.15) is 27.2 Å². The van der Waals surface area contributed by atoms with Gasteiger partial charge in [0.05, 0.1) is 6.04 Å². The average Bonchev–Trinajstić information content (AvgIpc) is 2.22. The molecule has 4 heteroatoms. The van der Waals surface area contributed by atoms with E-state index in [1.54, 1.807) is 16.7 Å². The fourth-order valence-electron chi connectivity index (χ4n) is 1.40. The Kier molecular flexibility index (Phi) is 7.02. The van der Waals surface area contributed by atoms with Crippen molar-refractivity contribution in [1.29, 1.82) is 0 Å². The molecule has 0 radical (unpaired) electrons. The second kappa shape index (κ2) is 7.12. The predicted molar refractivity (Wildman–Crippen MR) is 68.0 cm³/mol. The SMILES string of the molecule is CCC(CSC)N(C)C(=O)[C@H](N)C(C)C. The molecular formula is C11H24N2OS. The number of amides is 1. The summed E-state index contributed by atoms with van der Waals surface area (Å²) in [6.07, 6.45) is 3.04. The van der Waals surface area contributed by atoms with Gasteiger partial charge in [-0.2, -0.15) is 11.8 Å². The highest BCUT2D eigenvalue weighted by molar-refractivity contribution is 7.98. The number of nitrogens with zero attached hydrogens (tertiary/aromatic N) is 1. The Hall–Kier alpha value is -0.220. The summed E-state index contributed by atoms with van der Waals surface area (Å²) < 4.78 is 0. The van der Waals surface area contributed by atoms with Crippen molar-refractivity contribution in [1.82, 2.24) is 4.90 Å². The summed E-state index contributed by atoms with van der Waals surface area (Å²) in [6.45, 7) is 6.06. The van der Waals surface area contributed by atoms with Crippen LogP contribution in [0.15, 0.2) is 0 Å². The van der Waals surface area contributed by atoms with Gasteiger partial charge < -0.3 is 10.6 Å². The Morgan fingerprint density at radius 1 is 1.47 bits per heavy atom. The summed E-state index contributed by atoms with van der Waals surface area (Å²) in [5, 5.41) is 0. The van der Waals surface area contributed by atoms with E-state index in [0.29, 0.717) is 6.04 Å². The normalized spacial score (nSPS) is 15.1. The van der Waals surface area contributed by atoms with Crippen LogP contribution in [0, 0.1) is 5.92 Å². The molecule has 1 unspecified atom stereocenters. The minimum absolute atomic E-state index is 0.0610. The van der Waals surface area contributed by atoms with Crippen molar-refractivity contribution in [3.63, 3.8) is 0 Å². The smallest absolute Gasteiger partial charge is 0.239 e. The standard InChI is InChI=1S/C11H24N2OS/c1-6-9(7-15-5)13(4)11(14)10(12)8(2)3/h8-10H,6-7,12H2,1-5H3/t9?,10-/m1/s1. The molecule has 0 aromatic carbocycles. The minimum Gasteiger partial charge on any atom is -0.341 e. The van der Waals surface area contributed by atoms with E-state index in [1.807, 2.05) is 20.9 Å². The number of hydrogen-bond acceptors (Lipinski definition) is 3. The van der Waals surface area contributed by atoms with Crippen LogP contribution in [0.5, 0.6) is 0 Å². The fourth-order valence-corrected chi connectivity index (χ4v) is 2.24. The zero-order valence-corrected chi connectivity index (χ0v) is 11.3. The lowest BCUT2D eigenvalue weighted by molar-refractivity contribution is -0.134. The van der Waals surface area contributed by atoms with Gasteiger partial charge in [-0.25, -0.2) is 0 Å². The Bertz CT molecular complexity index is 197. The van der Waals surface area contributed by atoms with Crippen LogP contribution in [0.2, 0.25) is 0 Å². The van der Waals surface area contributed by atoms with E-state index in [9.17, 15) is 4.79 Å². The van der Waals surface area contributed by atoms with E-state index < -0.39 is 0 Å². The summed E-state index contributed by atoms with van der Waals surface area (Å²) in [6, 6.07) is -0.0665. The van der Waals surface area contributed by atoms with Crippen molar-refractivity contribution >= 4 is 17.7 Å². The number of carbonyl (C=O) groups excluding carboxylic acids is 1. The van der Waals surface area contributed by atoms with Gasteiger partial charge in [0.2, 0.25) is 5.91 Å². The number of nitrogens with two attached hydrogens (primary N) is 1. The van der Waals surface area contributed by atoms with E-state index >= 15 is 0 Å². The van der Waals surface area contributed by atoms with E-state index in [2.05, 4.69) is 13.2 Å². The van der Waals surface area contributed by atoms with E-state index in [0.717, 1.165) is 12.2 Å². The number of hydrogen-bond donors (Lipinski definition) is 1. The van der Waals surface area contributed by atoms with Crippen LogP contribution in [0.25, 0.3) is 0 Å². The van der Waals surface area contributed by atoms with Gasteiger partial charge in [0.1, 0.15) is 0 Å². The molecule has 90 valence electrons. The molecule has 0 aliphatic rings. The van der Waals surface area contributed by atoms with Gasteiger partial charge in [-0.1, -0.05) is 20.8 Å². The van der Waals surface area contributed by atoms with Crippen LogP contribution in [0.4, 0.5) is 0 Å². The molecule has 0 rings (SSSR count). The van der Waals surface area contributed by atoms with Gasteiger partial charge in [0.15, 0.2) is 0 Å². The number of rotatable bonds is 6. The third kappa shape index (κ3) is 4.43. The third-order valence-electron chi connectivity index (χ3n) is 2.73. The number of carbonyl (C=O) groups is 1. The van der Waals surface area contributed by atoms with Crippen molar-refractivity contribution in [3.05, 3.63) is 0 Å². The van der Waals surface area contributed by atoms with Gasteiger partial charge in [-0.15, -0.1) is 0 Å². The van der Waals surface area contributed by atoms with Crippen molar-refractivity contribution in [2.24, 2.45) is 11.7 Å². The van der Waals surface area contributed by atoms with Crippen molar-refractivity contribution in [2.75, 3.05) is 19.1 Å². The highest BCUT2D eigenvalue weighted by Crippen LogP contribution is 2.11. The van der Waals surface area contributed by atoms with Crippen molar-refractivity contribution in [3.8, 4) is 0 Å². The summed E-state index contributed by atoms with van der Waals surface area (Å²) in [4.78, 5) is 13.8. The van der Waals surface area contributed by atoms with Crippen LogP contribution >= 0.6 is 11.8 Å². The third-order valence-corrected chi connectivity index (χ3v) is 3.45. The van der Waals surface area contributed by atoms with Gasteiger partial charge in [0.25, 0.3) is 0 Å². The van der Waals surface area contributed by atoms with Crippen LogP contribution in [-0.4, -0.2) is 41.9 Å². The quantitative estimate of drug-likeness (QED) is 0.756. The topological polar surface area (TPSA) is 46.3 Å². The molecule has 0 aromatic heterocycles. The van der Waals surface area contributed by atoms with Crippen LogP contribution in [-0.2, 0) is 4.79 Å².